The second-order valence-electron chi connectivity index (χ2n) is 4.59. The first-order valence-corrected chi connectivity index (χ1v) is 7.46. The molecule has 18 heavy (non-hydrogen) atoms. The molecular formula is C13H16ClIN2O. The van der Waals surface area contributed by atoms with Crippen LogP contribution in [0.4, 0.5) is 0 Å². The predicted octanol–water partition coefficient (Wildman–Crippen LogP) is 2.63. The Morgan fingerprint density at radius 2 is 2.39 bits per heavy atom. The normalized spacial score (nSPS) is 19.3. The van der Waals surface area contributed by atoms with Crippen molar-refractivity contribution in [1.29, 1.82) is 0 Å². The second kappa shape index (κ2) is 6.21. The standard InChI is InChI=1S/C13H16ClIN2O/c1-16-7-9-4-5-17(8-9)13(18)10-2-3-12(15)11(14)6-10/h2-3,6,9,16H,4-5,7-8H2,1H3. The Labute approximate surface area is 126 Å². The van der Waals surface area contributed by atoms with Gasteiger partial charge in [-0.25, -0.2) is 0 Å². The van der Waals surface area contributed by atoms with Gasteiger partial charge in [0, 0.05) is 22.2 Å². The highest BCUT2D eigenvalue weighted by Gasteiger charge is 2.26. The summed E-state index contributed by atoms with van der Waals surface area (Å²) in [5.41, 5.74) is 0.686. The van der Waals surface area contributed by atoms with E-state index in [0.717, 1.165) is 29.6 Å². The molecule has 1 atom stereocenters. The second-order valence-corrected chi connectivity index (χ2v) is 6.16. The molecule has 1 aromatic rings. The number of nitrogens with one attached hydrogen (secondary N) is 1. The first kappa shape index (κ1) is 14.1. The number of hydrogen-bond acceptors (Lipinski definition) is 2. The quantitative estimate of drug-likeness (QED) is 0.820. The number of hydrogen-bond donors (Lipinski definition) is 1. The molecule has 2 rings (SSSR count). The summed E-state index contributed by atoms with van der Waals surface area (Å²) in [5.74, 6) is 0.658. The molecule has 0 aliphatic carbocycles. The number of halogens is 2. The summed E-state index contributed by atoms with van der Waals surface area (Å²) in [7, 11) is 1.95. The van der Waals surface area contributed by atoms with Crippen LogP contribution in [0.3, 0.4) is 0 Å². The Hall–Kier alpha value is -0.330. The van der Waals surface area contributed by atoms with Gasteiger partial charge in [-0.2, -0.15) is 0 Å². The maximum Gasteiger partial charge on any atom is 0.253 e. The Bertz CT molecular complexity index is 453. The summed E-state index contributed by atoms with van der Waals surface area (Å²) in [6, 6.07) is 5.50. The molecule has 1 saturated heterocycles. The Morgan fingerprint density at radius 3 is 3.06 bits per heavy atom. The van der Waals surface area contributed by atoms with Crippen LogP contribution in [0.2, 0.25) is 5.02 Å². The lowest BCUT2D eigenvalue weighted by molar-refractivity contribution is 0.0787. The summed E-state index contributed by atoms with van der Waals surface area (Å²) >= 11 is 8.22. The van der Waals surface area contributed by atoms with Gasteiger partial charge >= 0.3 is 0 Å². The Morgan fingerprint density at radius 1 is 1.61 bits per heavy atom. The van der Waals surface area contributed by atoms with E-state index in [1.165, 1.54) is 0 Å². The lowest BCUT2D eigenvalue weighted by Gasteiger charge is -2.17. The zero-order chi connectivity index (χ0) is 13.1. The smallest absolute Gasteiger partial charge is 0.253 e. The van der Waals surface area contributed by atoms with E-state index in [9.17, 15) is 4.79 Å². The van der Waals surface area contributed by atoms with Crippen LogP contribution in [0.5, 0.6) is 0 Å². The zero-order valence-corrected chi connectivity index (χ0v) is 13.2. The van der Waals surface area contributed by atoms with E-state index in [-0.39, 0.29) is 5.91 Å². The van der Waals surface area contributed by atoms with Crippen LogP contribution in [-0.2, 0) is 0 Å². The minimum atomic E-state index is 0.0897. The zero-order valence-electron chi connectivity index (χ0n) is 10.2. The summed E-state index contributed by atoms with van der Waals surface area (Å²) in [6.07, 6.45) is 1.07. The maximum absolute atomic E-state index is 12.3. The summed E-state index contributed by atoms with van der Waals surface area (Å²) in [6.45, 7) is 2.65. The van der Waals surface area contributed by atoms with E-state index in [1.807, 2.05) is 24.1 Å². The molecule has 1 amide bonds. The lowest BCUT2D eigenvalue weighted by Crippen LogP contribution is -2.30. The van der Waals surface area contributed by atoms with E-state index in [1.54, 1.807) is 6.07 Å². The predicted molar refractivity (Wildman–Crippen MR) is 82.1 cm³/mol. The average Bonchev–Trinajstić information content (AvgIpc) is 2.81. The van der Waals surface area contributed by atoms with Gasteiger partial charge in [0.05, 0.1) is 5.02 Å². The molecule has 1 aliphatic rings. The van der Waals surface area contributed by atoms with Gasteiger partial charge in [-0.3, -0.25) is 4.79 Å². The molecule has 1 aliphatic heterocycles. The van der Waals surface area contributed by atoms with Crippen LogP contribution in [0, 0.1) is 9.49 Å². The monoisotopic (exact) mass is 378 g/mol. The van der Waals surface area contributed by atoms with Gasteiger partial charge in [0.15, 0.2) is 0 Å². The summed E-state index contributed by atoms with van der Waals surface area (Å²) in [5, 5.41) is 3.81. The largest absolute Gasteiger partial charge is 0.338 e. The molecule has 3 nitrogen and oxygen atoms in total. The number of rotatable bonds is 3. The third kappa shape index (κ3) is 3.16. The molecule has 1 heterocycles. The first-order valence-electron chi connectivity index (χ1n) is 6.00. The van der Waals surface area contributed by atoms with Crippen LogP contribution < -0.4 is 5.32 Å². The molecular weight excluding hydrogens is 363 g/mol. The van der Waals surface area contributed by atoms with Crippen LogP contribution in [-0.4, -0.2) is 37.5 Å². The minimum Gasteiger partial charge on any atom is -0.338 e. The molecule has 1 unspecified atom stereocenters. The molecule has 0 radical (unpaired) electrons. The summed E-state index contributed by atoms with van der Waals surface area (Å²) < 4.78 is 0.972. The maximum atomic E-state index is 12.3. The van der Waals surface area contributed by atoms with Crippen molar-refractivity contribution in [2.24, 2.45) is 5.92 Å². The molecule has 1 fully saturated rings. The molecule has 0 aromatic heterocycles. The fourth-order valence-electron chi connectivity index (χ4n) is 2.28. The number of amides is 1. The van der Waals surface area contributed by atoms with E-state index in [0.29, 0.717) is 16.5 Å². The number of nitrogens with zero attached hydrogens (tertiary/aromatic N) is 1. The van der Waals surface area contributed by atoms with Crippen molar-refractivity contribution in [2.45, 2.75) is 6.42 Å². The topological polar surface area (TPSA) is 32.3 Å². The third-order valence-electron chi connectivity index (χ3n) is 3.23. The van der Waals surface area contributed by atoms with Crippen molar-refractivity contribution in [2.75, 3.05) is 26.7 Å². The van der Waals surface area contributed by atoms with Gasteiger partial charge in [-0.15, -0.1) is 0 Å². The van der Waals surface area contributed by atoms with E-state index in [4.69, 9.17) is 11.6 Å². The lowest BCUT2D eigenvalue weighted by atomic mass is 10.1. The average molecular weight is 379 g/mol. The van der Waals surface area contributed by atoms with Crippen LogP contribution in [0.1, 0.15) is 16.8 Å². The molecule has 1 N–H and O–H groups in total. The van der Waals surface area contributed by atoms with E-state index in [2.05, 4.69) is 27.9 Å². The van der Waals surface area contributed by atoms with Crippen molar-refractivity contribution < 1.29 is 4.79 Å². The van der Waals surface area contributed by atoms with Gasteiger partial charge in [-0.05, 0) is 66.7 Å². The van der Waals surface area contributed by atoms with Crippen LogP contribution in [0.15, 0.2) is 18.2 Å². The van der Waals surface area contributed by atoms with Gasteiger partial charge in [0.25, 0.3) is 5.91 Å². The third-order valence-corrected chi connectivity index (χ3v) is 4.80. The fourth-order valence-corrected chi connectivity index (χ4v) is 2.80. The fraction of sp³-hybridized carbons (Fsp3) is 0.462. The SMILES string of the molecule is CNCC1CCN(C(=O)c2ccc(I)c(Cl)c2)C1. The van der Waals surface area contributed by atoms with Crippen molar-refractivity contribution in [3.8, 4) is 0 Å². The molecule has 0 bridgehead atoms. The minimum absolute atomic E-state index is 0.0897. The van der Waals surface area contributed by atoms with Crippen molar-refractivity contribution in [3.63, 3.8) is 0 Å². The van der Waals surface area contributed by atoms with Crippen molar-refractivity contribution in [1.82, 2.24) is 10.2 Å². The van der Waals surface area contributed by atoms with Crippen LogP contribution >= 0.6 is 34.2 Å². The first-order chi connectivity index (χ1) is 8.61. The highest BCUT2D eigenvalue weighted by Crippen LogP contribution is 2.23. The van der Waals surface area contributed by atoms with Gasteiger partial charge in [0.2, 0.25) is 0 Å². The van der Waals surface area contributed by atoms with E-state index < -0.39 is 0 Å². The van der Waals surface area contributed by atoms with Gasteiger partial charge in [0.1, 0.15) is 0 Å². The molecule has 98 valence electrons. The molecule has 5 heteroatoms. The number of likely N-dealkylation sites (tertiary alicyclic amines) is 1. The highest BCUT2D eigenvalue weighted by atomic mass is 127. The number of carbonyl (C=O) groups excluding carboxylic acids is 1. The highest BCUT2D eigenvalue weighted by molar-refractivity contribution is 14.1. The van der Waals surface area contributed by atoms with Gasteiger partial charge in [-0.1, -0.05) is 11.6 Å². The molecule has 0 saturated carbocycles. The Balaban J connectivity index is 2.05. The number of benzene rings is 1. The molecule has 0 spiro atoms. The van der Waals surface area contributed by atoms with E-state index >= 15 is 0 Å². The molecule has 1 aromatic carbocycles. The number of carbonyl (C=O) groups is 1. The van der Waals surface area contributed by atoms with Crippen molar-refractivity contribution in [3.05, 3.63) is 32.4 Å². The van der Waals surface area contributed by atoms with Crippen LogP contribution in [0.25, 0.3) is 0 Å². The Kier molecular flexibility index (Phi) is 4.86. The van der Waals surface area contributed by atoms with Gasteiger partial charge < -0.3 is 10.2 Å². The van der Waals surface area contributed by atoms with Crippen molar-refractivity contribution >= 4 is 40.1 Å². The summed E-state index contributed by atoms with van der Waals surface area (Å²) in [4.78, 5) is 14.2.